The van der Waals surface area contributed by atoms with Crippen LogP contribution in [0.1, 0.15) is 71.6 Å². The quantitative estimate of drug-likeness (QED) is 0.759. The molecule has 3 fully saturated rings. The van der Waals surface area contributed by atoms with Crippen molar-refractivity contribution in [3.63, 3.8) is 0 Å². The maximum Gasteiger partial charge on any atom is -0.00462 e. The topological polar surface area (TPSA) is 12.0 Å². The van der Waals surface area contributed by atoms with Crippen molar-refractivity contribution in [1.29, 1.82) is 0 Å². The first-order chi connectivity index (χ1) is 9.75. The van der Waals surface area contributed by atoms with Crippen molar-refractivity contribution in [2.75, 3.05) is 13.1 Å². The molecule has 5 atom stereocenters. The lowest BCUT2D eigenvalue weighted by atomic mass is 9.62. The Morgan fingerprint density at radius 2 is 1.40 bits per heavy atom. The van der Waals surface area contributed by atoms with Gasteiger partial charge >= 0.3 is 0 Å². The SMILES string of the molecule is CC1CC(C2CCCCCNCC2)C(C)C(C2CC2)C1. The van der Waals surface area contributed by atoms with Gasteiger partial charge < -0.3 is 5.32 Å². The van der Waals surface area contributed by atoms with Gasteiger partial charge in [0.2, 0.25) is 0 Å². The Morgan fingerprint density at radius 3 is 2.10 bits per heavy atom. The van der Waals surface area contributed by atoms with Crippen LogP contribution in [-0.4, -0.2) is 13.1 Å². The lowest BCUT2D eigenvalue weighted by Gasteiger charge is -2.43. The van der Waals surface area contributed by atoms with E-state index in [1.54, 1.807) is 12.8 Å². The summed E-state index contributed by atoms with van der Waals surface area (Å²) in [5, 5.41) is 3.67. The van der Waals surface area contributed by atoms with Crippen molar-refractivity contribution in [3.05, 3.63) is 0 Å². The molecule has 2 aliphatic carbocycles. The molecule has 0 spiro atoms. The fourth-order valence-corrected chi connectivity index (χ4v) is 5.36. The number of rotatable bonds is 2. The van der Waals surface area contributed by atoms with Crippen LogP contribution in [0.25, 0.3) is 0 Å². The molecule has 116 valence electrons. The Labute approximate surface area is 126 Å². The summed E-state index contributed by atoms with van der Waals surface area (Å²) in [7, 11) is 0. The fourth-order valence-electron chi connectivity index (χ4n) is 5.36. The molecule has 0 aromatic carbocycles. The summed E-state index contributed by atoms with van der Waals surface area (Å²) in [4.78, 5) is 0. The van der Waals surface area contributed by atoms with E-state index >= 15 is 0 Å². The highest BCUT2D eigenvalue weighted by Gasteiger charge is 2.43. The van der Waals surface area contributed by atoms with E-state index in [0.717, 1.165) is 35.5 Å². The molecule has 1 saturated heterocycles. The van der Waals surface area contributed by atoms with Gasteiger partial charge in [-0.25, -0.2) is 0 Å². The van der Waals surface area contributed by atoms with E-state index in [4.69, 9.17) is 0 Å². The van der Waals surface area contributed by atoms with E-state index in [2.05, 4.69) is 19.2 Å². The van der Waals surface area contributed by atoms with E-state index in [9.17, 15) is 0 Å². The van der Waals surface area contributed by atoms with Gasteiger partial charge in [-0.2, -0.15) is 0 Å². The standard InChI is InChI=1S/C19H35N/c1-14-12-18(15(2)19(13-14)17-7-8-17)16-6-4-3-5-10-20-11-9-16/h14-20H,3-13H2,1-2H3. The highest BCUT2D eigenvalue weighted by molar-refractivity contribution is 4.93. The van der Waals surface area contributed by atoms with E-state index in [1.807, 2.05) is 0 Å². The van der Waals surface area contributed by atoms with Crippen molar-refractivity contribution in [2.24, 2.45) is 35.5 Å². The van der Waals surface area contributed by atoms with Gasteiger partial charge in [-0.1, -0.05) is 33.1 Å². The number of hydrogen-bond acceptors (Lipinski definition) is 1. The summed E-state index contributed by atoms with van der Waals surface area (Å²) in [6.07, 6.45) is 13.4. The number of hydrogen-bond donors (Lipinski definition) is 1. The zero-order valence-electron chi connectivity index (χ0n) is 13.7. The van der Waals surface area contributed by atoms with Crippen LogP contribution in [0, 0.1) is 35.5 Å². The van der Waals surface area contributed by atoms with Crippen LogP contribution >= 0.6 is 0 Å². The molecule has 0 aromatic heterocycles. The van der Waals surface area contributed by atoms with Gasteiger partial charge in [0.1, 0.15) is 0 Å². The highest BCUT2D eigenvalue weighted by atomic mass is 14.8. The van der Waals surface area contributed by atoms with Gasteiger partial charge in [-0.3, -0.25) is 0 Å². The van der Waals surface area contributed by atoms with Crippen molar-refractivity contribution in [2.45, 2.75) is 71.6 Å². The Balaban J connectivity index is 1.65. The molecule has 0 amide bonds. The Morgan fingerprint density at radius 1 is 0.700 bits per heavy atom. The predicted molar refractivity (Wildman–Crippen MR) is 86.7 cm³/mol. The van der Waals surface area contributed by atoms with Crippen molar-refractivity contribution >= 4 is 0 Å². The largest absolute Gasteiger partial charge is 0.317 e. The van der Waals surface area contributed by atoms with E-state index in [0.29, 0.717) is 0 Å². The molecule has 5 unspecified atom stereocenters. The van der Waals surface area contributed by atoms with Crippen LogP contribution in [0.2, 0.25) is 0 Å². The zero-order valence-corrected chi connectivity index (χ0v) is 13.7. The molecule has 1 heterocycles. The molecule has 3 aliphatic rings. The molecule has 0 aromatic rings. The molecule has 1 heteroatoms. The third kappa shape index (κ3) is 3.59. The van der Waals surface area contributed by atoms with E-state index < -0.39 is 0 Å². The zero-order chi connectivity index (χ0) is 13.9. The lowest BCUT2D eigenvalue weighted by Crippen LogP contribution is -2.36. The summed E-state index contributed by atoms with van der Waals surface area (Å²) in [6, 6.07) is 0. The van der Waals surface area contributed by atoms with Crippen LogP contribution in [0.3, 0.4) is 0 Å². The normalized spacial score (nSPS) is 44.4. The van der Waals surface area contributed by atoms with Gasteiger partial charge in [-0.15, -0.1) is 0 Å². The summed E-state index contributed by atoms with van der Waals surface area (Å²) in [5.74, 6) is 6.23. The fraction of sp³-hybridized carbons (Fsp3) is 1.00. The molecule has 3 rings (SSSR count). The third-order valence-electron chi connectivity index (χ3n) is 6.65. The Hall–Kier alpha value is -0.0400. The summed E-state index contributed by atoms with van der Waals surface area (Å²) >= 11 is 0. The minimum atomic E-state index is 0.988. The van der Waals surface area contributed by atoms with Gasteiger partial charge in [0, 0.05) is 0 Å². The first-order valence-corrected chi connectivity index (χ1v) is 9.46. The second kappa shape index (κ2) is 6.81. The minimum absolute atomic E-state index is 0.988. The van der Waals surface area contributed by atoms with Gasteiger partial charge in [0.05, 0.1) is 0 Å². The monoisotopic (exact) mass is 277 g/mol. The molecule has 2 saturated carbocycles. The average molecular weight is 277 g/mol. The maximum atomic E-state index is 3.67. The summed E-state index contributed by atoms with van der Waals surface area (Å²) in [6.45, 7) is 7.67. The molecule has 1 nitrogen and oxygen atoms in total. The van der Waals surface area contributed by atoms with Crippen LogP contribution < -0.4 is 5.32 Å². The highest BCUT2D eigenvalue weighted by Crippen LogP contribution is 2.52. The summed E-state index contributed by atoms with van der Waals surface area (Å²) in [5.41, 5.74) is 0. The van der Waals surface area contributed by atoms with Gasteiger partial charge in [0.25, 0.3) is 0 Å². The molecule has 20 heavy (non-hydrogen) atoms. The molecule has 0 bridgehead atoms. The van der Waals surface area contributed by atoms with Crippen molar-refractivity contribution in [3.8, 4) is 0 Å². The van der Waals surface area contributed by atoms with Crippen LogP contribution in [0.15, 0.2) is 0 Å². The predicted octanol–water partition coefficient (Wildman–Crippen LogP) is 4.86. The minimum Gasteiger partial charge on any atom is -0.317 e. The molecule has 1 aliphatic heterocycles. The smallest absolute Gasteiger partial charge is 0.00462 e. The van der Waals surface area contributed by atoms with Crippen LogP contribution in [0.5, 0.6) is 0 Å². The Kier molecular flexibility index (Phi) is 5.07. The molecule has 0 radical (unpaired) electrons. The van der Waals surface area contributed by atoms with E-state index in [-0.39, 0.29) is 0 Å². The average Bonchev–Trinajstić information content (AvgIpc) is 3.24. The Bertz CT molecular complexity index is 286. The van der Waals surface area contributed by atoms with Gasteiger partial charge in [0.15, 0.2) is 0 Å². The van der Waals surface area contributed by atoms with Crippen molar-refractivity contribution < 1.29 is 0 Å². The van der Waals surface area contributed by atoms with E-state index in [1.165, 1.54) is 58.0 Å². The summed E-state index contributed by atoms with van der Waals surface area (Å²) < 4.78 is 0. The first-order valence-electron chi connectivity index (χ1n) is 9.46. The van der Waals surface area contributed by atoms with Crippen LogP contribution in [-0.2, 0) is 0 Å². The molecular formula is C19H35N. The molecular weight excluding hydrogens is 242 g/mol. The molecule has 1 N–H and O–H groups in total. The third-order valence-corrected chi connectivity index (χ3v) is 6.65. The second-order valence-electron chi connectivity index (χ2n) is 8.25. The second-order valence-corrected chi connectivity index (χ2v) is 8.25. The van der Waals surface area contributed by atoms with Crippen LogP contribution in [0.4, 0.5) is 0 Å². The number of nitrogens with one attached hydrogen (secondary N) is 1. The first kappa shape index (κ1) is 14.9. The van der Waals surface area contributed by atoms with Gasteiger partial charge in [-0.05, 0) is 87.1 Å². The van der Waals surface area contributed by atoms with Crippen molar-refractivity contribution in [1.82, 2.24) is 5.32 Å². The maximum absolute atomic E-state index is 3.67. The lowest BCUT2D eigenvalue weighted by molar-refractivity contribution is 0.0605.